The van der Waals surface area contributed by atoms with Crippen LogP contribution in [0.3, 0.4) is 0 Å². The van der Waals surface area contributed by atoms with Crippen molar-refractivity contribution in [2.75, 3.05) is 5.75 Å². The molecule has 2 aliphatic carbocycles. The van der Waals surface area contributed by atoms with E-state index in [1.807, 2.05) is 13.8 Å². The maximum absolute atomic E-state index is 12.9. The monoisotopic (exact) mass is 403 g/mol. The topological polar surface area (TPSA) is 63.2 Å². The van der Waals surface area contributed by atoms with E-state index < -0.39 is 38.6 Å². The highest BCUT2D eigenvalue weighted by atomic mass is 32.2. The predicted molar refractivity (Wildman–Crippen MR) is 95.3 cm³/mol. The molecule has 3 unspecified atom stereocenters. The summed E-state index contributed by atoms with van der Waals surface area (Å²) in [5.41, 5.74) is -1.89. The molecule has 150 valence electrons. The van der Waals surface area contributed by atoms with Crippen molar-refractivity contribution in [3.05, 3.63) is 35.4 Å². The van der Waals surface area contributed by atoms with Gasteiger partial charge in [0.1, 0.15) is 5.78 Å². The lowest BCUT2D eigenvalue weighted by molar-refractivity contribution is -0.137. The number of hydrogen-bond acceptors (Lipinski definition) is 3. The minimum atomic E-state index is -4.49. The third-order valence-electron chi connectivity index (χ3n) is 6.65. The van der Waals surface area contributed by atoms with Gasteiger partial charge in [-0.25, -0.2) is 13.1 Å². The number of carbonyl (C=O) groups excluding carboxylic acids is 1. The summed E-state index contributed by atoms with van der Waals surface area (Å²) in [6.07, 6.45) is -2.71. The second-order valence-corrected chi connectivity index (χ2v) is 10.1. The molecule has 0 radical (unpaired) electrons. The Bertz CT molecular complexity index is 863. The lowest BCUT2D eigenvalue weighted by Gasteiger charge is -2.36. The Morgan fingerprint density at radius 2 is 1.96 bits per heavy atom. The van der Waals surface area contributed by atoms with E-state index in [0.717, 1.165) is 18.6 Å². The lowest BCUT2D eigenvalue weighted by Crippen LogP contribution is -2.45. The fourth-order valence-electron chi connectivity index (χ4n) is 4.80. The number of fused-ring (bicyclic) bond motifs is 2. The van der Waals surface area contributed by atoms with Crippen molar-refractivity contribution >= 4 is 15.8 Å². The molecule has 2 saturated carbocycles. The number of rotatable bonds is 5. The molecule has 3 atom stereocenters. The van der Waals surface area contributed by atoms with Gasteiger partial charge in [-0.15, -0.1) is 0 Å². The Morgan fingerprint density at radius 1 is 1.30 bits per heavy atom. The van der Waals surface area contributed by atoms with E-state index in [1.165, 1.54) is 19.1 Å². The van der Waals surface area contributed by atoms with E-state index in [0.29, 0.717) is 12.8 Å². The Morgan fingerprint density at radius 3 is 2.48 bits per heavy atom. The molecular formula is C19H24F3NO3S. The fourth-order valence-corrected chi connectivity index (χ4v) is 6.88. The first-order valence-corrected chi connectivity index (χ1v) is 10.6. The average molecular weight is 403 g/mol. The van der Waals surface area contributed by atoms with E-state index in [4.69, 9.17) is 0 Å². The van der Waals surface area contributed by atoms with Crippen molar-refractivity contribution in [1.29, 1.82) is 0 Å². The second-order valence-electron chi connectivity index (χ2n) is 8.39. The molecule has 1 aromatic rings. The van der Waals surface area contributed by atoms with Gasteiger partial charge in [0.05, 0.1) is 11.3 Å². The standard InChI is InChI=1S/C19H24F3NO3S/c1-12(13-5-4-6-15(9-13)19(20,21)22)23-27(25,26)11-18-8-7-14(10-16(18)24)17(18,2)3/h4-6,9,12,14,23H,7-8,10-11H2,1-3H3. The zero-order valence-corrected chi connectivity index (χ0v) is 16.4. The van der Waals surface area contributed by atoms with Gasteiger partial charge in [0.2, 0.25) is 10.0 Å². The Hall–Kier alpha value is -1.41. The van der Waals surface area contributed by atoms with Crippen molar-refractivity contribution in [2.24, 2.45) is 16.7 Å². The summed E-state index contributed by atoms with van der Waals surface area (Å²) in [6, 6.07) is 3.78. The van der Waals surface area contributed by atoms with Crippen LogP contribution >= 0.6 is 0 Å². The number of alkyl halides is 3. The van der Waals surface area contributed by atoms with Gasteiger partial charge in [-0.05, 0) is 48.8 Å². The highest BCUT2D eigenvalue weighted by Crippen LogP contribution is 2.64. The van der Waals surface area contributed by atoms with Crippen LogP contribution in [0, 0.1) is 16.7 Å². The van der Waals surface area contributed by atoms with Gasteiger partial charge in [-0.2, -0.15) is 13.2 Å². The molecule has 4 nitrogen and oxygen atoms in total. The van der Waals surface area contributed by atoms with Crippen LogP contribution in [0.5, 0.6) is 0 Å². The van der Waals surface area contributed by atoms with Gasteiger partial charge in [-0.1, -0.05) is 26.0 Å². The van der Waals surface area contributed by atoms with Crippen LogP contribution in [0.25, 0.3) is 0 Å². The highest BCUT2D eigenvalue weighted by Gasteiger charge is 2.65. The lowest BCUT2D eigenvalue weighted by atomic mass is 9.70. The molecule has 0 amide bonds. The van der Waals surface area contributed by atoms with Crippen molar-refractivity contribution in [3.8, 4) is 0 Å². The molecule has 3 rings (SSSR count). The number of halogens is 3. The first-order chi connectivity index (χ1) is 12.3. The number of ketones is 1. The van der Waals surface area contributed by atoms with E-state index in [1.54, 1.807) is 0 Å². The van der Waals surface area contributed by atoms with E-state index in [9.17, 15) is 26.4 Å². The number of sulfonamides is 1. The summed E-state index contributed by atoms with van der Waals surface area (Å²) in [4.78, 5) is 12.5. The van der Waals surface area contributed by atoms with Crippen LogP contribution < -0.4 is 4.72 Å². The summed E-state index contributed by atoms with van der Waals surface area (Å²) in [5, 5.41) is 0. The molecule has 27 heavy (non-hydrogen) atoms. The van der Waals surface area contributed by atoms with Crippen LogP contribution in [0.15, 0.2) is 24.3 Å². The van der Waals surface area contributed by atoms with Gasteiger partial charge in [0.25, 0.3) is 0 Å². The maximum atomic E-state index is 12.9. The average Bonchev–Trinajstić information content (AvgIpc) is 2.87. The summed E-state index contributed by atoms with van der Waals surface area (Å²) < 4.78 is 66.7. The van der Waals surface area contributed by atoms with Gasteiger partial charge in [0.15, 0.2) is 0 Å². The normalized spacial score (nSPS) is 28.5. The summed E-state index contributed by atoms with van der Waals surface area (Å²) >= 11 is 0. The molecule has 0 aliphatic heterocycles. The van der Waals surface area contributed by atoms with Crippen LogP contribution in [0.4, 0.5) is 13.2 Å². The van der Waals surface area contributed by atoms with Crippen LogP contribution in [-0.4, -0.2) is 20.0 Å². The maximum Gasteiger partial charge on any atom is 0.416 e. The number of hydrogen-bond donors (Lipinski definition) is 1. The van der Waals surface area contributed by atoms with E-state index in [-0.39, 0.29) is 23.0 Å². The van der Waals surface area contributed by atoms with Gasteiger partial charge in [0, 0.05) is 17.9 Å². The van der Waals surface area contributed by atoms with Gasteiger partial charge in [-0.3, -0.25) is 4.79 Å². The Balaban J connectivity index is 1.80. The zero-order valence-electron chi connectivity index (χ0n) is 15.6. The first-order valence-electron chi connectivity index (χ1n) is 8.99. The SMILES string of the molecule is CC(NS(=O)(=O)CC12CCC(CC1=O)C2(C)C)c1cccc(C(F)(F)F)c1. The van der Waals surface area contributed by atoms with Crippen LogP contribution in [0.1, 0.15) is 57.2 Å². The summed E-state index contributed by atoms with van der Waals surface area (Å²) in [7, 11) is -3.86. The first kappa shape index (κ1) is 20.3. The molecular weight excluding hydrogens is 379 g/mol. The molecule has 0 saturated heterocycles. The van der Waals surface area contributed by atoms with Crippen molar-refractivity contribution < 1.29 is 26.4 Å². The van der Waals surface area contributed by atoms with Crippen molar-refractivity contribution in [3.63, 3.8) is 0 Å². The number of Topliss-reactive ketones (excluding diaryl/α,β-unsaturated/α-hetero) is 1. The van der Waals surface area contributed by atoms with Crippen molar-refractivity contribution in [2.45, 2.75) is 52.3 Å². The Kier molecular flexibility index (Phi) is 4.75. The second kappa shape index (κ2) is 6.30. The van der Waals surface area contributed by atoms with Crippen LogP contribution in [-0.2, 0) is 21.0 Å². The number of nitrogens with one attached hydrogen (secondary N) is 1. The largest absolute Gasteiger partial charge is 0.416 e. The zero-order chi connectivity index (χ0) is 20.3. The molecule has 2 bridgehead atoms. The quantitative estimate of drug-likeness (QED) is 0.806. The third-order valence-corrected chi connectivity index (χ3v) is 8.23. The molecule has 2 aliphatic rings. The molecule has 0 spiro atoms. The number of benzene rings is 1. The minimum absolute atomic E-state index is 0.0131. The van der Waals surface area contributed by atoms with Crippen molar-refractivity contribution in [1.82, 2.24) is 4.72 Å². The molecule has 0 aromatic heterocycles. The number of carbonyl (C=O) groups is 1. The van der Waals surface area contributed by atoms with E-state index in [2.05, 4.69) is 4.72 Å². The van der Waals surface area contributed by atoms with Gasteiger partial charge < -0.3 is 0 Å². The fraction of sp³-hybridized carbons (Fsp3) is 0.632. The molecule has 2 fully saturated rings. The van der Waals surface area contributed by atoms with Gasteiger partial charge >= 0.3 is 6.18 Å². The summed E-state index contributed by atoms with van der Waals surface area (Å²) in [5.74, 6) is -0.132. The third kappa shape index (κ3) is 3.42. The minimum Gasteiger partial charge on any atom is -0.299 e. The summed E-state index contributed by atoms with van der Waals surface area (Å²) in [6.45, 7) is 5.40. The predicted octanol–water partition coefficient (Wildman–Crippen LogP) is 4.08. The highest BCUT2D eigenvalue weighted by molar-refractivity contribution is 7.89. The smallest absolute Gasteiger partial charge is 0.299 e. The van der Waals surface area contributed by atoms with Crippen LogP contribution in [0.2, 0.25) is 0 Å². The molecule has 1 N–H and O–H groups in total. The molecule has 1 aromatic carbocycles. The Labute approximate surface area is 157 Å². The van der Waals surface area contributed by atoms with E-state index >= 15 is 0 Å². The molecule has 8 heteroatoms. The molecule has 0 heterocycles.